The standard InChI is InChI=1S/C12H24N3OP/c1-11-9-14(11)17(16,15-10-12(15)2)13-7-5-3-4-6-8-13/h11-12H,3-10H2,1-2H3/t11-,12-,14?,15?,17?/m1/s1. The zero-order valence-corrected chi connectivity index (χ0v) is 11.9. The maximum absolute atomic E-state index is 13.4. The molecule has 0 aromatic carbocycles. The lowest BCUT2D eigenvalue weighted by Crippen LogP contribution is -2.29. The molecule has 0 aromatic heterocycles. The predicted molar refractivity (Wildman–Crippen MR) is 70.0 cm³/mol. The monoisotopic (exact) mass is 257 g/mol. The second-order valence-electron chi connectivity index (χ2n) is 5.82. The summed E-state index contributed by atoms with van der Waals surface area (Å²) in [7, 11) is -2.36. The van der Waals surface area contributed by atoms with Crippen molar-refractivity contribution in [3.8, 4) is 0 Å². The number of hydrogen-bond acceptors (Lipinski definition) is 1. The van der Waals surface area contributed by atoms with Gasteiger partial charge in [0, 0.05) is 38.3 Å². The summed E-state index contributed by atoms with van der Waals surface area (Å²) in [6.07, 6.45) is 5.05. The van der Waals surface area contributed by atoms with Gasteiger partial charge in [0.2, 0.25) is 0 Å². The van der Waals surface area contributed by atoms with Crippen molar-refractivity contribution in [2.24, 2.45) is 0 Å². The van der Waals surface area contributed by atoms with E-state index in [0.29, 0.717) is 12.1 Å². The Morgan fingerprint density at radius 3 is 1.65 bits per heavy atom. The van der Waals surface area contributed by atoms with Crippen LogP contribution in [0.15, 0.2) is 0 Å². The molecule has 3 saturated heterocycles. The lowest BCUT2D eigenvalue weighted by molar-refractivity contribution is 0.366. The first-order chi connectivity index (χ1) is 8.14. The van der Waals surface area contributed by atoms with E-state index in [9.17, 15) is 4.57 Å². The van der Waals surface area contributed by atoms with Crippen molar-refractivity contribution in [1.82, 2.24) is 14.0 Å². The molecule has 5 heteroatoms. The normalized spacial score (nSPS) is 46.0. The molecule has 4 nitrogen and oxygen atoms in total. The van der Waals surface area contributed by atoms with Gasteiger partial charge < -0.3 is 0 Å². The molecular weight excluding hydrogens is 233 g/mol. The smallest absolute Gasteiger partial charge is 0.270 e. The molecule has 0 bridgehead atoms. The van der Waals surface area contributed by atoms with Gasteiger partial charge in [0.05, 0.1) is 0 Å². The zero-order chi connectivity index (χ0) is 12.0. The van der Waals surface area contributed by atoms with Gasteiger partial charge in [-0.2, -0.15) is 0 Å². The maximum Gasteiger partial charge on any atom is 0.287 e. The van der Waals surface area contributed by atoms with E-state index >= 15 is 0 Å². The summed E-state index contributed by atoms with van der Waals surface area (Å²) in [6, 6.07) is 1.05. The second-order valence-corrected chi connectivity index (χ2v) is 8.44. The van der Waals surface area contributed by atoms with E-state index in [1.807, 2.05) is 0 Å². The first-order valence-corrected chi connectivity index (χ1v) is 8.60. The Morgan fingerprint density at radius 1 is 0.882 bits per heavy atom. The van der Waals surface area contributed by atoms with Gasteiger partial charge in [-0.3, -0.25) is 4.57 Å². The summed E-state index contributed by atoms with van der Waals surface area (Å²) >= 11 is 0. The Morgan fingerprint density at radius 2 is 1.29 bits per heavy atom. The van der Waals surface area contributed by atoms with E-state index in [1.54, 1.807) is 0 Å². The Balaban J connectivity index is 1.80. The molecule has 0 amide bonds. The van der Waals surface area contributed by atoms with Gasteiger partial charge in [-0.15, -0.1) is 0 Å². The largest absolute Gasteiger partial charge is 0.287 e. The molecule has 3 aliphatic heterocycles. The van der Waals surface area contributed by atoms with E-state index in [-0.39, 0.29) is 0 Å². The molecule has 0 saturated carbocycles. The van der Waals surface area contributed by atoms with E-state index in [4.69, 9.17) is 0 Å². The Kier molecular flexibility index (Phi) is 3.10. The quantitative estimate of drug-likeness (QED) is 0.573. The molecule has 3 heterocycles. The summed E-state index contributed by atoms with van der Waals surface area (Å²) < 4.78 is 20.2. The van der Waals surface area contributed by atoms with Gasteiger partial charge in [0.15, 0.2) is 0 Å². The Hall–Kier alpha value is 0.110. The van der Waals surface area contributed by atoms with E-state index in [2.05, 4.69) is 27.9 Å². The van der Waals surface area contributed by atoms with Crippen molar-refractivity contribution in [2.45, 2.75) is 51.6 Å². The molecule has 4 atom stereocenters. The highest BCUT2D eigenvalue weighted by molar-refractivity contribution is 7.57. The number of hydrogen-bond donors (Lipinski definition) is 0. The topological polar surface area (TPSA) is 26.3 Å². The van der Waals surface area contributed by atoms with Crippen LogP contribution >= 0.6 is 7.59 Å². The third kappa shape index (κ3) is 2.10. The fourth-order valence-electron chi connectivity index (χ4n) is 2.96. The molecule has 3 fully saturated rings. The average molecular weight is 257 g/mol. The van der Waals surface area contributed by atoms with Crippen molar-refractivity contribution in [2.75, 3.05) is 26.2 Å². The highest BCUT2D eigenvalue weighted by Gasteiger charge is 2.57. The highest BCUT2D eigenvalue weighted by atomic mass is 31.2. The summed E-state index contributed by atoms with van der Waals surface area (Å²) in [5.41, 5.74) is 0. The number of nitrogens with zero attached hydrogens (tertiary/aromatic N) is 3. The summed E-state index contributed by atoms with van der Waals surface area (Å²) in [6.45, 7) is 8.50. The van der Waals surface area contributed by atoms with Crippen molar-refractivity contribution in [3.63, 3.8) is 0 Å². The fourth-order valence-corrected chi connectivity index (χ4v) is 6.63. The zero-order valence-electron chi connectivity index (χ0n) is 11.0. The van der Waals surface area contributed by atoms with Gasteiger partial charge >= 0.3 is 0 Å². The first-order valence-electron chi connectivity index (χ1n) is 7.04. The van der Waals surface area contributed by atoms with Gasteiger partial charge in [0.25, 0.3) is 7.59 Å². The first kappa shape index (κ1) is 12.2. The van der Waals surface area contributed by atoms with Gasteiger partial charge in [-0.05, 0) is 26.7 Å². The molecule has 3 rings (SSSR count). The van der Waals surface area contributed by atoms with E-state index in [0.717, 1.165) is 26.2 Å². The van der Waals surface area contributed by atoms with Gasteiger partial charge in [-0.1, -0.05) is 12.8 Å². The van der Waals surface area contributed by atoms with E-state index < -0.39 is 7.59 Å². The van der Waals surface area contributed by atoms with Crippen LogP contribution in [0.4, 0.5) is 0 Å². The SMILES string of the molecule is C[C@@H]1CN1P(=O)(N1CCCCCC1)N1C[C@H]1C. The highest BCUT2D eigenvalue weighted by Crippen LogP contribution is 2.66. The van der Waals surface area contributed by atoms with Crippen LogP contribution in [-0.2, 0) is 4.57 Å². The molecule has 17 heavy (non-hydrogen) atoms. The summed E-state index contributed by atoms with van der Waals surface area (Å²) in [5, 5.41) is 0. The molecule has 2 unspecified atom stereocenters. The second kappa shape index (κ2) is 4.34. The third-order valence-electron chi connectivity index (χ3n) is 4.27. The summed E-state index contributed by atoms with van der Waals surface area (Å²) in [5.74, 6) is 0. The van der Waals surface area contributed by atoms with Gasteiger partial charge in [0.1, 0.15) is 0 Å². The molecule has 0 aliphatic carbocycles. The molecule has 3 aliphatic rings. The van der Waals surface area contributed by atoms with Gasteiger partial charge in [-0.25, -0.2) is 14.0 Å². The van der Waals surface area contributed by atoms with Crippen LogP contribution in [-0.4, -0.2) is 52.3 Å². The molecule has 0 spiro atoms. The minimum absolute atomic E-state index is 0.525. The van der Waals surface area contributed by atoms with Crippen molar-refractivity contribution in [3.05, 3.63) is 0 Å². The lowest BCUT2D eigenvalue weighted by atomic mass is 10.2. The average Bonchev–Trinajstić information content (AvgIpc) is 3.14. The van der Waals surface area contributed by atoms with E-state index in [1.165, 1.54) is 25.7 Å². The fraction of sp³-hybridized carbons (Fsp3) is 1.00. The minimum Gasteiger partial charge on any atom is -0.270 e. The molecule has 0 radical (unpaired) electrons. The van der Waals surface area contributed by atoms with Crippen LogP contribution in [0.2, 0.25) is 0 Å². The maximum atomic E-state index is 13.4. The Bertz CT molecular complexity index is 321. The van der Waals surface area contributed by atoms with Crippen LogP contribution in [0, 0.1) is 0 Å². The molecule has 0 N–H and O–H groups in total. The Labute approximate surface area is 104 Å². The predicted octanol–water partition coefficient (Wildman–Crippen LogP) is 2.38. The van der Waals surface area contributed by atoms with Crippen molar-refractivity contribution < 1.29 is 4.57 Å². The van der Waals surface area contributed by atoms with Crippen molar-refractivity contribution >= 4 is 7.59 Å². The van der Waals surface area contributed by atoms with Crippen LogP contribution < -0.4 is 0 Å². The third-order valence-corrected chi connectivity index (χ3v) is 7.86. The minimum atomic E-state index is -2.36. The van der Waals surface area contributed by atoms with Crippen LogP contribution in [0.3, 0.4) is 0 Å². The van der Waals surface area contributed by atoms with Crippen LogP contribution in [0.5, 0.6) is 0 Å². The lowest BCUT2D eigenvalue weighted by Gasteiger charge is -2.32. The molecule has 0 aromatic rings. The van der Waals surface area contributed by atoms with Crippen molar-refractivity contribution in [1.29, 1.82) is 0 Å². The summed E-state index contributed by atoms with van der Waals surface area (Å²) in [4.78, 5) is 0. The van der Waals surface area contributed by atoms with Crippen LogP contribution in [0.1, 0.15) is 39.5 Å². The number of rotatable bonds is 3. The van der Waals surface area contributed by atoms with Crippen LogP contribution in [0.25, 0.3) is 0 Å². The molecule has 98 valence electrons. The molecular formula is C12H24N3OP.